The molecule has 0 saturated heterocycles. The Hall–Kier alpha value is -2.97. The molecule has 0 spiro atoms. The van der Waals surface area contributed by atoms with Crippen molar-refractivity contribution in [2.24, 2.45) is 0 Å². The lowest BCUT2D eigenvalue weighted by Gasteiger charge is -2.17. The van der Waals surface area contributed by atoms with Crippen LogP contribution in [0.3, 0.4) is 0 Å². The average molecular weight is 427 g/mol. The van der Waals surface area contributed by atoms with E-state index in [1.54, 1.807) is 17.6 Å². The standard InChI is InChI=1S/C18H16F3NO5.C3H8/c1-2-10-5-11-13-6-14(23)12(17(24)25)8-22(13)3-4-26-16(11)7-15(10)27-9-18(19,20)21;1-3-2/h5-8H,2-4,9H2,1H3,(H,24,25);3H2,1-2H3. The van der Waals surface area contributed by atoms with Crippen molar-refractivity contribution in [1.29, 1.82) is 0 Å². The number of aromatic nitrogens is 1. The second-order valence-electron chi connectivity index (χ2n) is 6.70. The van der Waals surface area contributed by atoms with Gasteiger partial charge in [-0.25, -0.2) is 4.79 Å². The highest BCUT2D eigenvalue weighted by molar-refractivity contribution is 5.87. The molecule has 2 heterocycles. The summed E-state index contributed by atoms with van der Waals surface area (Å²) in [5.41, 5.74) is 0.442. The van der Waals surface area contributed by atoms with Gasteiger partial charge in [-0.1, -0.05) is 27.2 Å². The van der Waals surface area contributed by atoms with E-state index in [0.717, 1.165) is 0 Å². The lowest BCUT2D eigenvalue weighted by Crippen LogP contribution is -2.20. The Morgan fingerprint density at radius 2 is 1.90 bits per heavy atom. The molecule has 2 aromatic rings. The fraction of sp³-hybridized carbons (Fsp3) is 0.429. The quantitative estimate of drug-likeness (QED) is 0.776. The number of carboxylic acid groups (broad SMARTS) is 1. The van der Waals surface area contributed by atoms with Crippen LogP contribution in [0.5, 0.6) is 11.5 Å². The number of aryl methyl sites for hydroxylation is 1. The number of carboxylic acids is 1. The summed E-state index contributed by atoms with van der Waals surface area (Å²) < 4.78 is 49.6. The highest BCUT2D eigenvalue weighted by Gasteiger charge is 2.29. The van der Waals surface area contributed by atoms with E-state index in [1.807, 2.05) is 0 Å². The van der Waals surface area contributed by atoms with Gasteiger partial charge >= 0.3 is 12.1 Å². The molecule has 0 fully saturated rings. The maximum Gasteiger partial charge on any atom is 0.422 e. The molecule has 9 heteroatoms. The van der Waals surface area contributed by atoms with E-state index in [2.05, 4.69) is 13.8 Å². The molecule has 164 valence electrons. The van der Waals surface area contributed by atoms with Crippen molar-refractivity contribution < 1.29 is 32.5 Å². The van der Waals surface area contributed by atoms with Gasteiger partial charge in [0.15, 0.2) is 12.0 Å². The van der Waals surface area contributed by atoms with Gasteiger partial charge in [0, 0.05) is 23.9 Å². The van der Waals surface area contributed by atoms with Gasteiger partial charge in [-0.3, -0.25) is 4.79 Å². The van der Waals surface area contributed by atoms with Crippen molar-refractivity contribution in [3.05, 3.63) is 45.7 Å². The first-order chi connectivity index (χ1) is 14.1. The van der Waals surface area contributed by atoms with Gasteiger partial charge in [0.2, 0.25) is 0 Å². The monoisotopic (exact) mass is 427 g/mol. The van der Waals surface area contributed by atoms with Crippen molar-refractivity contribution in [3.63, 3.8) is 0 Å². The van der Waals surface area contributed by atoms with Crippen LogP contribution in [0, 0.1) is 0 Å². The summed E-state index contributed by atoms with van der Waals surface area (Å²) in [5.74, 6) is -0.990. The molecule has 6 nitrogen and oxygen atoms in total. The van der Waals surface area contributed by atoms with Crippen LogP contribution in [0.25, 0.3) is 11.3 Å². The first kappa shape index (κ1) is 23.3. The molecular weight excluding hydrogens is 403 g/mol. The molecule has 1 aliphatic heterocycles. The lowest BCUT2D eigenvalue weighted by atomic mass is 10.0. The minimum absolute atomic E-state index is 0.0616. The van der Waals surface area contributed by atoms with Crippen LogP contribution < -0.4 is 14.9 Å². The van der Waals surface area contributed by atoms with Crippen LogP contribution in [0.1, 0.15) is 43.1 Å². The normalized spacial score (nSPS) is 12.5. The zero-order chi connectivity index (χ0) is 22.5. The molecule has 1 aromatic carbocycles. The Kier molecular flexibility index (Phi) is 7.53. The van der Waals surface area contributed by atoms with E-state index in [4.69, 9.17) is 14.6 Å². The third-order valence-corrected chi connectivity index (χ3v) is 4.16. The molecule has 0 bridgehead atoms. The van der Waals surface area contributed by atoms with Gasteiger partial charge in [-0.05, 0) is 18.1 Å². The summed E-state index contributed by atoms with van der Waals surface area (Å²) in [7, 11) is 0. The number of hydrogen-bond donors (Lipinski definition) is 1. The van der Waals surface area contributed by atoms with E-state index < -0.39 is 24.2 Å². The van der Waals surface area contributed by atoms with Crippen LogP contribution in [-0.4, -0.2) is 35.0 Å². The maximum atomic E-state index is 12.5. The third-order valence-electron chi connectivity index (χ3n) is 4.16. The molecule has 1 N–H and O–H groups in total. The summed E-state index contributed by atoms with van der Waals surface area (Å²) in [4.78, 5) is 23.3. The summed E-state index contributed by atoms with van der Waals surface area (Å²) in [6.45, 7) is 5.04. The predicted octanol–water partition coefficient (Wildman–Crippen LogP) is 4.53. The first-order valence-electron chi connectivity index (χ1n) is 9.58. The number of hydrogen-bond acceptors (Lipinski definition) is 4. The van der Waals surface area contributed by atoms with E-state index >= 15 is 0 Å². The van der Waals surface area contributed by atoms with Crippen LogP contribution >= 0.6 is 0 Å². The Balaban J connectivity index is 0.00000101. The first-order valence-corrected chi connectivity index (χ1v) is 9.58. The summed E-state index contributed by atoms with van der Waals surface area (Å²) >= 11 is 0. The van der Waals surface area contributed by atoms with Gasteiger partial charge in [0.1, 0.15) is 23.7 Å². The number of benzene rings is 1. The number of nitrogens with zero attached hydrogens (tertiary/aromatic N) is 1. The van der Waals surface area contributed by atoms with Crippen molar-refractivity contribution in [2.45, 2.75) is 46.3 Å². The number of pyridine rings is 1. The maximum absolute atomic E-state index is 12.5. The zero-order valence-corrected chi connectivity index (χ0v) is 17.0. The number of carbonyl (C=O) groups is 1. The number of aromatic carboxylic acids is 1. The van der Waals surface area contributed by atoms with Gasteiger partial charge in [0.25, 0.3) is 0 Å². The van der Waals surface area contributed by atoms with E-state index in [1.165, 1.54) is 24.8 Å². The largest absolute Gasteiger partial charge is 0.491 e. The minimum Gasteiger partial charge on any atom is -0.491 e. The van der Waals surface area contributed by atoms with Crippen molar-refractivity contribution >= 4 is 5.97 Å². The minimum atomic E-state index is -4.47. The van der Waals surface area contributed by atoms with Gasteiger partial charge < -0.3 is 19.1 Å². The van der Waals surface area contributed by atoms with Crippen LogP contribution in [0.4, 0.5) is 13.2 Å². The van der Waals surface area contributed by atoms with Crippen LogP contribution in [0.15, 0.2) is 29.2 Å². The van der Waals surface area contributed by atoms with Crippen molar-refractivity contribution in [2.75, 3.05) is 13.2 Å². The summed E-state index contributed by atoms with van der Waals surface area (Å²) in [5, 5.41) is 9.12. The second-order valence-corrected chi connectivity index (χ2v) is 6.70. The van der Waals surface area contributed by atoms with Gasteiger partial charge in [-0.2, -0.15) is 13.2 Å². The number of alkyl halides is 3. The van der Waals surface area contributed by atoms with E-state index in [-0.39, 0.29) is 30.2 Å². The molecule has 0 radical (unpaired) electrons. The molecule has 0 atom stereocenters. The summed E-state index contributed by atoms with van der Waals surface area (Å²) in [6, 6.07) is 4.19. The zero-order valence-electron chi connectivity index (χ0n) is 17.0. The molecule has 1 aromatic heterocycles. The van der Waals surface area contributed by atoms with Gasteiger partial charge in [-0.15, -0.1) is 0 Å². The topological polar surface area (TPSA) is 77.8 Å². The highest BCUT2D eigenvalue weighted by Crippen LogP contribution is 2.38. The number of halogens is 3. The van der Waals surface area contributed by atoms with Crippen LogP contribution in [0.2, 0.25) is 0 Å². The highest BCUT2D eigenvalue weighted by atomic mass is 19.4. The molecule has 0 amide bonds. The Morgan fingerprint density at radius 3 is 2.47 bits per heavy atom. The molecule has 0 unspecified atom stereocenters. The molecule has 3 rings (SSSR count). The van der Waals surface area contributed by atoms with Gasteiger partial charge in [0.05, 0.1) is 12.2 Å². The van der Waals surface area contributed by atoms with E-state index in [9.17, 15) is 22.8 Å². The smallest absolute Gasteiger partial charge is 0.422 e. The summed E-state index contributed by atoms with van der Waals surface area (Å²) in [6.07, 6.45) is -1.57. The Bertz CT molecular complexity index is 966. The predicted molar refractivity (Wildman–Crippen MR) is 105 cm³/mol. The van der Waals surface area contributed by atoms with Crippen molar-refractivity contribution in [1.82, 2.24) is 4.57 Å². The molecule has 1 aliphatic rings. The molecule has 30 heavy (non-hydrogen) atoms. The number of fused-ring (bicyclic) bond motifs is 3. The Labute approximate surface area is 171 Å². The molecule has 0 aliphatic carbocycles. The van der Waals surface area contributed by atoms with Crippen molar-refractivity contribution in [3.8, 4) is 22.8 Å². The molecular formula is C21H24F3NO5. The lowest BCUT2D eigenvalue weighted by molar-refractivity contribution is -0.153. The van der Waals surface area contributed by atoms with Crippen LogP contribution in [-0.2, 0) is 13.0 Å². The molecule has 0 saturated carbocycles. The fourth-order valence-corrected chi connectivity index (χ4v) is 2.90. The Morgan fingerprint density at radius 1 is 1.23 bits per heavy atom. The SMILES string of the molecule is CCC.CCc1cc2c(cc1OCC(F)(F)F)OCCn1cc(C(=O)O)c(=O)cc1-2. The fourth-order valence-electron chi connectivity index (χ4n) is 2.90. The average Bonchev–Trinajstić information content (AvgIpc) is 2.83. The van der Waals surface area contributed by atoms with E-state index in [0.29, 0.717) is 23.2 Å². The third kappa shape index (κ3) is 5.55. The number of ether oxygens (including phenoxy) is 2. The second kappa shape index (κ2) is 9.69. The number of rotatable bonds is 4.